The summed E-state index contributed by atoms with van der Waals surface area (Å²) in [5.41, 5.74) is 0. The molecule has 0 rings (SSSR count). The molecule has 0 saturated heterocycles. The zero-order valence-corrected chi connectivity index (χ0v) is 15.2. The van der Waals surface area contributed by atoms with E-state index in [4.69, 9.17) is 0 Å². The van der Waals surface area contributed by atoms with Gasteiger partial charge in [0.1, 0.15) is 0 Å². The standard InChI is InChI=1S/C20H41N/c1-4-7-8-9-10-11-12-13-14-15-16-17-18-19-20-21(5-2)6-3/h19-20H,4-18H2,1-3H3/b20-19+. The third-order valence-electron chi connectivity index (χ3n) is 4.35. The second-order valence-electron chi connectivity index (χ2n) is 6.28. The van der Waals surface area contributed by atoms with Gasteiger partial charge in [-0.1, -0.05) is 83.6 Å². The minimum atomic E-state index is 1.13. The lowest BCUT2D eigenvalue weighted by atomic mass is 10.0. The van der Waals surface area contributed by atoms with E-state index in [2.05, 4.69) is 37.9 Å². The first-order valence-electron chi connectivity index (χ1n) is 9.75. The summed E-state index contributed by atoms with van der Waals surface area (Å²) in [6, 6.07) is 0. The third-order valence-corrected chi connectivity index (χ3v) is 4.35. The number of rotatable bonds is 16. The van der Waals surface area contributed by atoms with E-state index in [0.717, 1.165) is 13.1 Å². The zero-order chi connectivity index (χ0) is 15.6. The first-order chi connectivity index (χ1) is 10.3. The smallest absolute Gasteiger partial charge is 0.0143 e. The Hall–Kier alpha value is -0.460. The van der Waals surface area contributed by atoms with Gasteiger partial charge in [0.05, 0.1) is 0 Å². The van der Waals surface area contributed by atoms with Crippen molar-refractivity contribution in [1.82, 2.24) is 4.90 Å². The van der Waals surface area contributed by atoms with Gasteiger partial charge in [-0.25, -0.2) is 0 Å². The van der Waals surface area contributed by atoms with Crippen LogP contribution in [0.5, 0.6) is 0 Å². The molecule has 1 nitrogen and oxygen atoms in total. The number of hydrogen-bond acceptors (Lipinski definition) is 1. The molecule has 0 aromatic heterocycles. The van der Waals surface area contributed by atoms with Crippen molar-refractivity contribution >= 4 is 0 Å². The van der Waals surface area contributed by atoms with Crippen molar-refractivity contribution in [2.75, 3.05) is 13.1 Å². The van der Waals surface area contributed by atoms with Crippen LogP contribution in [0.4, 0.5) is 0 Å². The van der Waals surface area contributed by atoms with Crippen molar-refractivity contribution in [3.05, 3.63) is 12.3 Å². The number of allylic oxidation sites excluding steroid dienone is 1. The summed E-state index contributed by atoms with van der Waals surface area (Å²) in [6.45, 7) is 8.99. The Balaban J connectivity index is 3.12. The van der Waals surface area contributed by atoms with E-state index in [9.17, 15) is 0 Å². The topological polar surface area (TPSA) is 3.24 Å². The van der Waals surface area contributed by atoms with Crippen LogP contribution in [0.1, 0.15) is 104 Å². The second-order valence-corrected chi connectivity index (χ2v) is 6.28. The Morgan fingerprint density at radius 1 is 0.571 bits per heavy atom. The van der Waals surface area contributed by atoms with Crippen LogP contribution < -0.4 is 0 Å². The Labute approximate surface area is 135 Å². The molecule has 126 valence electrons. The van der Waals surface area contributed by atoms with E-state index < -0.39 is 0 Å². The number of nitrogens with zero attached hydrogens (tertiary/aromatic N) is 1. The summed E-state index contributed by atoms with van der Waals surface area (Å²) >= 11 is 0. The molecule has 0 unspecified atom stereocenters. The first kappa shape index (κ1) is 20.5. The van der Waals surface area contributed by atoms with E-state index in [1.807, 2.05) is 0 Å². The van der Waals surface area contributed by atoms with Crippen LogP contribution in [0.25, 0.3) is 0 Å². The highest BCUT2D eigenvalue weighted by molar-refractivity contribution is 4.81. The van der Waals surface area contributed by atoms with Crippen molar-refractivity contribution in [1.29, 1.82) is 0 Å². The molecular weight excluding hydrogens is 254 g/mol. The van der Waals surface area contributed by atoms with Gasteiger partial charge in [-0.2, -0.15) is 0 Å². The fraction of sp³-hybridized carbons (Fsp3) is 0.900. The molecule has 0 amide bonds. The zero-order valence-electron chi connectivity index (χ0n) is 15.2. The molecule has 21 heavy (non-hydrogen) atoms. The van der Waals surface area contributed by atoms with Crippen molar-refractivity contribution in [3.8, 4) is 0 Å². The van der Waals surface area contributed by atoms with Gasteiger partial charge in [-0.15, -0.1) is 0 Å². The highest BCUT2D eigenvalue weighted by Gasteiger charge is 1.93. The van der Waals surface area contributed by atoms with Gasteiger partial charge >= 0.3 is 0 Å². The van der Waals surface area contributed by atoms with Gasteiger partial charge < -0.3 is 4.90 Å². The molecule has 0 N–H and O–H groups in total. The number of unbranched alkanes of at least 4 members (excludes halogenated alkanes) is 12. The molecule has 0 saturated carbocycles. The lowest BCUT2D eigenvalue weighted by Gasteiger charge is -2.14. The van der Waals surface area contributed by atoms with Crippen molar-refractivity contribution < 1.29 is 0 Å². The third kappa shape index (κ3) is 15.7. The van der Waals surface area contributed by atoms with Crippen LogP contribution in [0.3, 0.4) is 0 Å². The fourth-order valence-corrected chi connectivity index (χ4v) is 2.76. The largest absolute Gasteiger partial charge is 0.378 e. The molecule has 0 spiro atoms. The maximum Gasteiger partial charge on any atom is 0.0143 e. The highest BCUT2D eigenvalue weighted by atomic mass is 15.1. The normalized spacial score (nSPS) is 11.4. The van der Waals surface area contributed by atoms with E-state index in [0.29, 0.717) is 0 Å². The average molecular weight is 296 g/mol. The van der Waals surface area contributed by atoms with Crippen LogP contribution in [-0.4, -0.2) is 18.0 Å². The number of hydrogen-bond donors (Lipinski definition) is 0. The summed E-state index contributed by atoms with van der Waals surface area (Å²) in [6.07, 6.45) is 23.1. The van der Waals surface area contributed by atoms with E-state index in [-0.39, 0.29) is 0 Å². The van der Waals surface area contributed by atoms with Gasteiger partial charge in [-0.3, -0.25) is 0 Å². The average Bonchev–Trinajstić information content (AvgIpc) is 2.51. The van der Waals surface area contributed by atoms with Gasteiger partial charge in [-0.05, 0) is 32.9 Å². The maximum absolute atomic E-state index is 2.36. The van der Waals surface area contributed by atoms with Crippen LogP contribution in [-0.2, 0) is 0 Å². The van der Waals surface area contributed by atoms with Gasteiger partial charge in [0, 0.05) is 13.1 Å². The molecule has 0 atom stereocenters. The Bertz CT molecular complexity index is 206. The monoisotopic (exact) mass is 295 g/mol. The Morgan fingerprint density at radius 2 is 1.00 bits per heavy atom. The Kier molecular flexibility index (Phi) is 17.2. The summed E-state index contributed by atoms with van der Waals surface area (Å²) in [4.78, 5) is 2.36. The second kappa shape index (κ2) is 17.6. The van der Waals surface area contributed by atoms with Crippen molar-refractivity contribution in [2.24, 2.45) is 0 Å². The van der Waals surface area contributed by atoms with Gasteiger partial charge in [0.15, 0.2) is 0 Å². The minimum Gasteiger partial charge on any atom is -0.378 e. The lowest BCUT2D eigenvalue weighted by Crippen LogP contribution is -2.14. The lowest BCUT2D eigenvalue weighted by molar-refractivity contribution is 0.417. The highest BCUT2D eigenvalue weighted by Crippen LogP contribution is 2.12. The summed E-state index contributed by atoms with van der Waals surface area (Å²) in [7, 11) is 0. The summed E-state index contributed by atoms with van der Waals surface area (Å²) in [5.74, 6) is 0. The molecule has 0 aliphatic carbocycles. The molecule has 0 aliphatic rings. The van der Waals surface area contributed by atoms with E-state index >= 15 is 0 Å². The van der Waals surface area contributed by atoms with Gasteiger partial charge in [0.25, 0.3) is 0 Å². The molecule has 0 radical (unpaired) electrons. The van der Waals surface area contributed by atoms with Crippen LogP contribution >= 0.6 is 0 Å². The van der Waals surface area contributed by atoms with Crippen LogP contribution in [0, 0.1) is 0 Å². The molecule has 0 aromatic carbocycles. The predicted octanol–water partition coefficient (Wildman–Crippen LogP) is 6.93. The van der Waals surface area contributed by atoms with Crippen molar-refractivity contribution in [2.45, 2.75) is 104 Å². The van der Waals surface area contributed by atoms with E-state index in [1.165, 1.54) is 83.5 Å². The molecule has 0 fully saturated rings. The molecule has 0 aliphatic heterocycles. The SMILES string of the molecule is CCCCCCCCCCCCCC/C=C/N(CC)CC. The minimum absolute atomic E-state index is 1.13. The molecule has 0 bridgehead atoms. The van der Waals surface area contributed by atoms with E-state index in [1.54, 1.807) is 0 Å². The summed E-state index contributed by atoms with van der Waals surface area (Å²) < 4.78 is 0. The molecule has 0 aromatic rings. The molecule has 1 heteroatoms. The molecule has 0 heterocycles. The first-order valence-corrected chi connectivity index (χ1v) is 9.75. The quantitative estimate of drug-likeness (QED) is 0.279. The molecular formula is C20H41N. The van der Waals surface area contributed by atoms with Crippen LogP contribution in [0.15, 0.2) is 12.3 Å². The Morgan fingerprint density at radius 3 is 1.43 bits per heavy atom. The summed E-state index contributed by atoms with van der Waals surface area (Å²) in [5, 5.41) is 0. The van der Waals surface area contributed by atoms with Gasteiger partial charge in [0.2, 0.25) is 0 Å². The fourth-order valence-electron chi connectivity index (χ4n) is 2.76. The predicted molar refractivity (Wildman–Crippen MR) is 97.8 cm³/mol. The van der Waals surface area contributed by atoms with Crippen LogP contribution in [0.2, 0.25) is 0 Å². The maximum atomic E-state index is 2.36. The van der Waals surface area contributed by atoms with Crippen molar-refractivity contribution in [3.63, 3.8) is 0 Å².